The molecule has 5 nitrogen and oxygen atoms in total. The molecule has 0 aliphatic rings. The first-order valence-electron chi connectivity index (χ1n) is 26.6. The maximum atomic E-state index is 12.5. The highest BCUT2D eigenvalue weighted by atomic mass is 16.3. The van der Waals surface area contributed by atoms with Gasteiger partial charge in [-0.25, -0.2) is 0 Å². The summed E-state index contributed by atoms with van der Waals surface area (Å²) < 4.78 is 0. The lowest BCUT2D eigenvalue weighted by molar-refractivity contribution is -0.124. The second kappa shape index (κ2) is 49.5. The van der Waals surface area contributed by atoms with Gasteiger partial charge in [-0.2, -0.15) is 0 Å². The summed E-state index contributed by atoms with van der Waals surface area (Å²) in [6, 6.07) is -0.827. The number of allylic oxidation sites excluding steroid dienone is 4. The zero-order chi connectivity index (χ0) is 43.0. The molecule has 0 aromatic carbocycles. The average molecular weight is 832 g/mol. The van der Waals surface area contributed by atoms with E-state index < -0.39 is 18.2 Å². The molecule has 3 atom stereocenters. The lowest BCUT2D eigenvalue weighted by Gasteiger charge is -2.26. The Morgan fingerprint density at radius 1 is 0.407 bits per heavy atom. The van der Waals surface area contributed by atoms with Crippen LogP contribution in [0.5, 0.6) is 0 Å². The zero-order valence-electron chi connectivity index (χ0n) is 39.9. The van der Waals surface area contributed by atoms with Crippen LogP contribution in [-0.2, 0) is 4.79 Å². The van der Waals surface area contributed by atoms with Gasteiger partial charge in [0.1, 0.15) is 6.10 Å². The van der Waals surface area contributed by atoms with Crippen molar-refractivity contribution < 1.29 is 20.1 Å². The van der Waals surface area contributed by atoms with Crippen molar-refractivity contribution in [3.8, 4) is 0 Å². The van der Waals surface area contributed by atoms with E-state index in [4.69, 9.17) is 0 Å². The maximum absolute atomic E-state index is 12.5. The quantitative estimate of drug-likeness (QED) is 0.0363. The van der Waals surface area contributed by atoms with Crippen molar-refractivity contribution in [2.24, 2.45) is 0 Å². The minimum Gasteiger partial charge on any atom is -0.394 e. The summed E-state index contributed by atoms with van der Waals surface area (Å²) in [5.74, 6) is -0.155. The molecule has 0 spiro atoms. The van der Waals surface area contributed by atoms with Gasteiger partial charge in [-0.15, -0.1) is 0 Å². The number of carbonyl (C=O) groups is 1. The summed E-state index contributed by atoms with van der Waals surface area (Å²) in [7, 11) is 0. The van der Waals surface area contributed by atoms with Crippen LogP contribution in [0.4, 0.5) is 0 Å². The Balaban J connectivity index is 3.59. The molecule has 0 aromatic rings. The second-order valence-electron chi connectivity index (χ2n) is 18.4. The average Bonchev–Trinajstić information content (AvgIpc) is 3.24. The SMILES string of the molecule is CCCCCCCCCCCCC/C=C\CCCCCCCCCC(=O)NC(CO)C(O)C(O)CCC/C=C/CCCCCCCCCCCCCCCCCCCC. The molecule has 350 valence electrons. The van der Waals surface area contributed by atoms with Crippen molar-refractivity contribution in [1.82, 2.24) is 5.32 Å². The molecular formula is C54H105NO4. The zero-order valence-corrected chi connectivity index (χ0v) is 39.9. The number of aliphatic hydroxyl groups excluding tert-OH is 3. The molecule has 0 aromatic heterocycles. The number of amides is 1. The molecule has 0 bridgehead atoms. The van der Waals surface area contributed by atoms with Crippen LogP contribution in [-0.4, -0.2) is 46.1 Å². The van der Waals surface area contributed by atoms with Gasteiger partial charge in [0, 0.05) is 6.42 Å². The first kappa shape index (κ1) is 57.8. The summed E-state index contributed by atoms with van der Waals surface area (Å²) in [5, 5.41) is 33.7. The maximum Gasteiger partial charge on any atom is 0.220 e. The van der Waals surface area contributed by atoms with E-state index in [1.165, 1.54) is 225 Å². The Morgan fingerprint density at radius 3 is 0.983 bits per heavy atom. The van der Waals surface area contributed by atoms with Crippen LogP contribution in [0.25, 0.3) is 0 Å². The summed E-state index contributed by atoms with van der Waals surface area (Å²) >= 11 is 0. The van der Waals surface area contributed by atoms with Crippen LogP contribution >= 0.6 is 0 Å². The molecular weight excluding hydrogens is 727 g/mol. The highest BCUT2D eigenvalue weighted by Crippen LogP contribution is 2.17. The molecule has 0 heterocycles. The number of rotatable bonds is 49. The molecule has 0 radical (unpaired) electrons. The molecule has 0 aliphatic heterocycles. The number of hydrogen-bond acceptors (Lipinski definition) is 4. The van der Waals surface area contributed by atoms with Gasteiger partial charge in [0.15, 0.2) is 0 Å². The van der Waals surface area contributed by atoms with Crippen LogP contribution in [0.2, 0.25) is 0 Å². The first-order valence-corrected chi connectivity index (χ1v) is 26.6. The van der Waals surface area contributed by atoms with Crippen molar-refractivity contribution in [2.45, 2.75) is 308 Å². The lowest BCUT2D eigenvalue weighted by atomic mass is 10.0. The third-order valence-corrected chi connectivity index (χ3v) is 12.5. The van der Waals surface area contributed by atoms with E-state index in [0.29, 0.717) is 12.8 Å². The Labute approximate surface area is 369 Å². The molecule has 0 aliphatic carbocycles. The van der Waals surface area contributed by atoms with Gasteiger partial charge in [-0.05, 0) is 64.2 Å². The fraction of sp³-hybridized carbons (Fsp3) is 0.907. The van der Waals surface area contributed by atoms with Crippen LogP contribution < -0.4 is 5.32 Å². The second-order valence-corrected chi connectivity index (χ2v) is 18.4. The van der Waals surface area contributed by atoms with E-state index in [0.717, 1.165) is 38.5 Å². The minimum atomic E-state index is -1.16. The van der Waals surface area contributed by atoms with Crippen molar-refractivity contribution >= 4 is 5.91 Å². The van der Waals surface area contributed by atoms with Crippen LogP contribution in [0, 0.1) is 0 Å². The van der Waals surface area contributed by atoms with Gasteiger partial charge in [0.05, 0.1) is 18.8 Å². The smallest absolute Gasteiger partial charge is 0.220 e. The normalized spacial score (nSPS) is 13.5. The van der Waals surface area contributed by atoms with Crippen LogP contribution in [0.15, 0.2) is 24.3 Å². The van der Waals surface area contributed by atoms with E-state index >= 15 is 0 Å². The fourth-order valence-corrected chi connectivity index (χ4v) is 8.40. The third kappa shape index (κ3) is 44.7. The number of unbranched alkanes of at least 4 members (excludes halogenated alkanes) is 37. The Morgan fingerprint density at radius 2 is 0.678 bits per heavy atom. The summed E-state index contributed by atoms with van der Waals surface area (Å²) in [6.45, 7) is 4.20. The standard InChI is InChI=1S/C54H105NO4/c1-3-5-7-9-11-13-15-17-19-21-23-25-27-28-30-32-34-36-38-40-42-44-46-48-52(57)54(59)51(50-56)55-53(58)49-47-45-43-41-39-37-35-33-31-29-26-24-22-20-18-16-14-12-10-8-6-4-2/h29,31,40,42,51-52,54,56-57,59H,3-28,30,32-39,41,43-50H2,1-2H3,(H,55,58)/b31-29-,42-40+. The third-order valence-electron chi connectivity index (χ3n) is 12.5. The van der Waals surface area contributed by atoms with Gasteiger partial charge >= 0.3 is 0 Å². The van der Waals surface area contributed by atoms with E-state index in [1.54, 1.807) is 0 Å². The Kier molecular flexibility index (Phi) is 48.5. The van der Waals surface area contributed by atoms with E-state index in [2.05, 4.69) is 43.5 Å². The predicted octanol–water partition coefficient (Wildman–Crippen LogP) is 16.1. The van der Waals surface area contributed by atoms with Crippen LogP contribution in [0.1, 0.15) is 290 Å². The molecule has 3 unspecified atom stereocenters. The molecule has 0 rings (SSSR count). The van der Waals surface area contributed by atoms with E-state index in [-0.39, 0.29) is 12.5 Å². The number of hydrogen-bond donors (Lipinski definition) is 4. The molecule has 4 N–H and O–H groups in total. The lowest BCUT2D eigenvalue weighted by Crippen LogP contribution is -2.50. The number of aliphatic hydroxyl groups is 3. The number of nitrogens with one attached hydrogen (secondary N) is 1. The predicted molar refractivity (Wildman–Crippen MR) is 259 cm³/mol. The fourth-order valence-electron chi connectivity index (χ4n) is 8.40. The van der Waals surface area contributed by atoms with Gasteiger partial charge < -0.3 is 20.6 Å². The highest BCUT2D eigenvalue weighted by Gasteiger charge is 2.26. The molecule has 59 heavy (non-hydrogen) atoms. The largest absolute Gasteiger partial charge is 0.394 e. The Hall–Kier alpha value is -1.17. The minimum absolute atomic E-state index is 0.155. The topological polar surface area (TPSA) is 89.8 Å². The summed E-state index contributed by atoms with van der Waals surface area (Å²) in [6.07, 6.45) is 61.8. The van der Waals surface area contributed by atoms with Gasteiger partial charge in [0.2, 0.25) is 5.91 Å². The van der Waals surface area contributed by atoms with Crippen molar-refractivity contribution in [3.05, 3.63) is 24.3 Å². The monoisotopic (exact) mass is 832 g/mol. The number of carbonyl (C=O) groups excluding carboxylic acids is 1. The molecule has 0 fully saturated rings. The van der Waals surface area contributed by atoms with E-state index in [1.807, 2.05) is 0 Å². The van der Waals surface area contributed by atoms with Crippen molar-refractivity contribution in [2.75, 3.05) is 6.61 Å². The Bertz CT molecular complexity index is 874. The highest BCUT2D eigenvalue weighted by molar-refractivity contribution is 5.76. The van der Waals surface area contributed by atoms with Gasteiger partial charge in [0.25, 0.3) is 0 Å². The van der Waals surface area contributed by atoms with Crippen LogP contribution in [0.3, 0.4) is 0 Å². The van der Waals surface area contributed by atoms with E-state index in [9.17, 15) is 20.1 Å². The molecule has 1 amide bonds. The van der Waals surface area contributed by atoms with Gasteiger partial charge in [-0.3, -0.25) is 4.79 Å². The summed E-state index contributed by atoms with van der Waals surface area (Å²) in [4.78, 5) is 12.5. The molecule has 5 heteroatoms. The summed E-state index contributed by atoms with van der Waals surface area (Å²) in [5.41, 5.74) is 0. The molecule has 0 saturated heterocycles. The van der Waals surface area contributed by atoms with Gasteiger partial charge in [-0.1, -0.05) is 244 Å². The molecule has 0 saturated carbocycles. The van der Waals surface area contributed by atoms with Crippen molar-refractivity contribution in [3.63, 3.8) is 0 Å². The van der Waals surface area contributed by atoms with Crippen molar-refractivity contribution in [1.29, 1.82) is 0 Å². The first-order chi connectivity index (χ1) is 29.1.